The average molecular weight is 266 g/mol. The van der Waals surface area contributed by atoms with Crippen molar-refractivity contribution >= 4 is 8.38 Å². The summed E-state index contributed by atoms with van der Waals surface area (Å²) in [4.78, 5) is 0. The Morgan fingerprint density at radius 3 is 2.18 bits per heavy atom. The van der Waals surface area contributed by atoms with Crippen molar-refractivity contribution in [2.45, 2.75) is 38.6 Å². The summed E-state index contributed by atoms with van der Waals surface area (Å²) in [6, 6.07) is 0. The molecule has 0 amide bonds. The summed E-state index contributed by atoms with van der Waals surface area (Å²) in [6.45, 7) is 3.48. The molecule has 1 saturated heterocycles. The molecule has 1 rings (SSSR count). The van der Waals surface area contributed by atoms with Gasteiger partial charge < -0.3 is 24.0 Å². The van der Waals surface area contributed by atoms with Crippen LogP contribution in [0.2, 0.25) is 0 Å². The van der Waals surface area contributed by atoms with Crippen molar-refractivity contribution in [1.82, 2.24) is 0 Å². The summed E-state index contributed by atoms with van der Waals surface area (Å²) in [6.07, 6.45) is 4.59. The summed E-state index contributed by atoms with van der Waals surface area (Å²) in [7, 11) is 2.46. The molecule has 102 valence electrons. The van der Waals surface area contributed by atoms with Crippen LogP contribution in [0.15, 0.2) is 11.9 Å². The number of hydrogen-bond donors (Lipinski definition) is 2. The van der Waals surface area contributed by atoms with Gasteiger partial charge in [0, 0.05) is 20.8 Å². The Labute approximate surface area is 104 Å². The monoisotopic (exact) mass is 266 g/mol. The van der Waals surface area contributed by atoms with Gasteiger partial charge in [0.25, 0.3) is 0 Å². The number of rotatable bonds is 4. The highest BCUT2D eigenvalue weighted by atomic mass is 31.2. The first kappa shape index (κ1) is 17.0. The smallest absolute Gasteiger partial charge is 0.196 e. The maximum atomic E-state index is 8.08. The van der Waals surface area contributed by atoms with Gasteiger partial charge in [0.05, 0.1) is 6.10 Å². The SMILES string of the molecule is CC(C)(O)O.COP(/C=C/C1CCCO1)OC. The topological polar surface area (TPSA) is 68.2 Å². The highest BCUT2D eigenvalue weighted by Crippen LogP contribution is 2.37. The van der Waals surface area contributed by atoms with Crippen molar-refractivity contribution in [2.24, 2.45) is 0 Å². The van der Waals surface area contributed by atoms with Gasteiger partial charge in [-0.1, -0.05) is 6.08 Å². The molecule has 0 saturated carbocycles. The molecule has 0 aromatic rings. The Morgan fingerprint density at radius 1 is 1.29 bits per heavy atom. The molecular formula is C11H23O5P. The van der Waals surface area contributed by atoms with E-state index in [9.17, 15) is 0 Å². The highest BCUT2D eigenvalue weighted by Gasteiger charge is 2.12. The first-order valence-electron chi connectivity index (χ1n) is 5.49. The predicted molar refractivity (Wildman–Crippen MR) is 67.6 cm³/mol. The van der Waals surface area contributed by atoms with Crippen molar-refractivity contribution in [1.29, 1.82) is 0 Å². The van der Waals surface area contributed by atoms with Gasteiger partial charge in [-0.15, -0.1) is 0 Å². The molecule has 0 aliphatic carbocycles. The maximum absolute atomic E-state index is 8.08. The molecule has 1 aliphatic heterocycles. The van der Waals surface area contributed by atoms with Crippen molar-refractivity contribution in [3.63, 3.8) is 0 Å². The van der Waals surface area contributed by atoms with Gasteiger partial charge in [-0.05, 0) is 32.5 Å². The van der Waals surface area contributed by atoms with E-state index in [-0.39, 0.29) is 6.10 Å². The van der Waals surface area contributed by atoms with E-state index in [1.807, 2.05) is 11.9 Å². The van der Waals surface area contributed by atoms with Gasteiger partial charge in [0.15, 0.2) is 14.2 Å². The molecule has 2 N–H and O–H groups in total. The largest absolute Gasteiger partial charge is 0.374 e. The molecule has 6 heteroatoms. The normalized spacial score (nSPS) is 20.8. The second-order valence-corrected chi connectivity index (χ2v) is 5.64. The van der Waals surface area contributed by atoms with Gasteiger partial charge in [-0.25, -0.2) is 0 Å². The molecular weight excluding hydrogens is 243 g/mol. The first-order valence-corrected chi connectivity index (χ1v) is 6.73. The molecule has 0 radical (unpaired) electrons. The Morgan fingerprint density at radius 2 is 1.82 bits per heavy atom. The second-order valence-electron chi connectivity index (χ2n) is 4.04. The molecule has 0 bridgehead atoms. The standard InChI is InChI=1S/C8H15O3P.C3H8O2/c1-9-12(10-2)7-5-8-4-3-6-11-8;1-3(2,4)5/h5,7-8H,3-4,6H2,1-2H3;4-5H,1-2H3/b7-5+;. The van der Waals surface area contributed by atoms with Crippen LogP contribution in [-0.2, 0) is 13.8 Å². The van der Waals surface area contributed by atoms with E-state index in [0.717, 1.165) is 19.4 Å². The van der Waals surface area contributed by atoms with Crippen molar-refractivity contribution in [3.8, 4) is 0 Å². The van der Waals surface area contributed by atoms with Crippen LogP contribution in [0.4, 0.5) is 0 Å². The quantitative estimate of drug-likeness (QED) is 0.601. The van der Waals surface area contributed by atoms with Crippen LogP contribution in [0.5, 0.6) is 0 Å². The van der Waals surface area contributed by atoms with Gasteiger partial charge in [-0.2, -0.15) is 0 Å². The number of aliphatic hydroxyl groups is 2. The molecule has 1 atom stereocenters. The van der Waals surface area contributed by atoms with E-state index in [2.05, 4.69) is 0 Å². The van der Waals surface area contributed by atoms with Crippen LogP contribution in [0.3, 0.4) is 0 Å². The average Bonchev–Trinajstić information content (AvgIpc) is 2.69. The summed E-state index contributed by atoms with van der Waals surface area (Å²) in [5.74, 6) is 0.450. The number of hydrogen-bond acceptors (Lipinski definition) is 5. The summed E-state index contributed by atoms with van der Waals surface area (Å²) >= 11 is 0. The summed E-state index contributed by atoms with van der Waals surface area (Å²) in [5, 5.41) is 16.2. The van der Waals surface area contributed by atoms with Crippen LogP contribution in [0.25, 0.3) is 0 Å². The molecule has 1 aliphatic rings. The Hall–Kier alpha value is -0.0300. The zero-order chi connectivity index (χ0) is 13.3. The third-order valence-corrected chi connectivity index (χ3v) is 2.88. The van der Waals surface area contributed by atoms with E-state index in [1.54, 1.807) is 14.2 Å². The zero-order valence-electron chi connectivity index (χ0n) is 10.9. The van der Waals surface area contributed by atoms with Crippen molar-refractivity contribution < 1.29 is 24.0 Å². The summed E-state index contributed by atoms with van der Waals surface area (Å²) < 4.78 is 15.5. The molecule has 1 heterocycles. The maximum Gasteiger partial charge on any atom is 0.196 e. The minimum absolute atomic E-state index is 0.278. The molecule has 0 aromatic heterocycles. The third kappa shape index (κ3) is 12.2. The lowest BCUT2D eigenvalue weighted by molar-refractivity contribution is -0.127. The van der Waals surface area contributed by atoms with Crippen LogP contribution in [-0.4, -0.2) is 42.9 Å². The minimum atomic E-state index is -1.50. The van der Waals surface area contributed by atoms with E-state index < -0.39 is 14.2 Å². The molecule has 17 heavy (non-hydrogen) atoms. The molecule has 1 unspecified atom stereocenters. The van der Waals surface area contributed by atoms with Crippen LogP contribution >= 0.6 is 8.38 Å². The fourth-order valence-corrected chi connectivity index (χ4v) is 1.84. The van der Waals surface area contributed by atoms with Gasteiger partial charge in [0.2, 0.25) is 0 Å². The molecule has 1 fully saturated rings. The van der Waals surface area contributed by atoms with E-state index in [4.69, 9.17) is 24.0 Å². The predicted octanol–water partition coefficient (Wildman–Crippen LogP) is 1.99. The fourth-order valence-electron chi connectivity index (χ4n) is 1.12. The van der Waals surface area contributed by atoms with Crippen molar-refractivity contribution in [3.05, 3.63) is 11.9 Å². The number of ether oxygens (including phenoxy) is 1. The van der Waals surface area contributed by atoms with Gasteiger partial charge in [-0.3, -0.25) is 0 Å². The van der Waals surface area contributed by atoms with Crippen LogP contribution in [0, 0.1) is 0 Å². The third-order valence-electron chi connectivity index (χ3n) is 1.75. The van der Waals surface area contributed by atoms with Gasteiger partial charge in [0.1, 0.15) is 0 Å². The van der Waals surface area contributed by atoms with Gasteiger partial charge >= 0.3 is 0 Å². The lowest BCUT2D eigenvalue weighted by Crippen LogP contribution is -2.15. The minimum Gasteiger partial charge on any atom is -0.374 e. The fraction of sp³-hybridized carbons (Fsp3) is 0.818. The Balaban J connectivity index is 0.000000437. The Bertz CT molecular complexity index is 194. The van der Waals surface area contributed by atoms with E-state index >= 15 is 0 Å². The van der Waals surface area contributed by atoms with E-state index in [0.29, 0.717) is 0 Å². The van der Waals surface area contributed by atoms with Crippen LogP contribution < -0.4 is 0 Å². The zero-order valence-corrected chi connectivity index (χ0v) is 11.8. The summed E-state index contributed by atoms with van der Waals surface area (Å²) in [5.41, 5.74) is 0. The first-order chi connectivity index (χ1) is 7.86. The van der Waals surface area contributed by atoms with Crippen molar-refractivity contribution in [2.75, 3.05) is 20.8 Å². The van der Waals surface area contributed by atoms with Crippen LogP contribution in [0.1, 0.15) is 26.7 Å². The van der Waals surface area contributed by atoms with E-state index in [1.165, 1.54) is 13.8 Å². The lowest BCUT2D eigenvalue weighted by Gasteiger charge is -2.07. The lowest BCUT2D eigenvalue weighted by atomic mass is 10.2. The Kier molecular flexibility index (Phi) is 8.96. The molecule has 5 nitrogen and oxygen atoms in total. The molecule has 0 spiro atoms. The highest BCUT2D eigenvalue weighted by molar-refractivity contribution is 7.50. The molecule has 0 aromatic carbocycles. The second kappa shape index (κ2) is 8.97.